The molecule has 1 atom stereocenters. The van der Waals surface area contributed by atoms with Crippen molar-refractivity contribution in [2.24, 2.45) is 0 Å². The third-order valence-electron chi connectivity index (χ3n) is 3.71. The zero-order valence-electron chi connectivity index (χ0n) is 12.3. The van der Waals surface area contributed by atoms with Crippen LogP contribution in [0.2, 0.25) is 5.02 Å². The van der Waals surface area contributed by atoms with Gasteiger partial charge in [-0.1, -0.05) is 11.6 Å². The number of hydrogen-bond acceptors (Lipinski definition) is 4. The molecule has 0 amide bonds. The standard InChI is InChI=1S/C17H18ClNO2S/c1-17(20,14-4-5-22-10-14)11-19-8-12-6-13-7-15(18)2-3-16(13)21-9-12/h2-7,10,19-20H,8-9,11H2,1H3. The van der Waals surface area contributed by atoms with Gasteiger partial charge in [0.1, 0.15) is 12.4 Å². The van der Waals surface area contributed by atoms with Gasteiger partial charge in [-0.15, -0.1) is 0 Å². The summed E-state index contributed by atoms with van der Waals surface area (Å²) in [6.45, 7) is 3.54. The number of halogens is 1. The molecule has 5 heteroatoms. The zero-order valence-corrected chi connectivity index (χ0v) is 13.9. The topological polar surface area (TPSA) is 41.5 Å². The molecule has 2 heterocycles. The van der Waals surface area contributed by atoms with Crippen molar-refractivity contribution in [1.29, 1.82) is 0 Å². The van der Waals surface area contributed by atoms with E-state index in [1.165, 1.54) is 0 Å². The van der Waals surface area contributed by atoms with Gasteiger partial charge in [-0.05, 0) is 59.2 Å². The number of rotatable bonds is 5. The SMILES string of the molecule is CC(O)(CNCC1=Cc2cc(Cl)ccc2OC1)c1ccsc1. The molecule has 1 aromatic heterocycles. The van der Waals surface area contributed by atoms with Gasteiger partial charge in [-0.3, -0.25) is 0 Å². The molecule has 2 aromatic rings. The summed E-state index contributed by atoms with van der Waals surface area (Å²) in [5.41, 5.74) is 2.21. The highest BCUT2D eigenvalue weighted by atomic mass is 35.5. The van der Waals surface area contributed by atoms with E-state index in [0.29, 0.717) is 24.7 Å². The Labute approximate surface area is 139 Å². The summed E-state index contributed by atoms with van der Waals surface area (Å²) < 4.78 is 5.72. The van der Waals surface area contributed by atoms with Crippen LogP contribution in [0.1, 0.15) is 18.1 Å². The quantitative estimate of drug-likeness (QED) is 0.876. The first-order chi connectivity index (χ1) is 10.5. The van der Waals surface area contributed by atoms with Gasteiger partial charge in [0.05, 0.1) is 5.60 Å². The van der Waals surface area contributed by atoms with Gasteiger partial charge < -0.3 is 15.2 Å². The van der Waals surface area contributed by atoms with E-state index >= 15 is 0 Å². The van der Waals surface area contributed by atoms with E-state index in [2.05, 4.69) is 11.4 Å². The highest BCUT2D eigenvalue weighted by Crippen LogP contribution is 2.29. The predicted molar refractivity (Wildman–Crippen MR) is 91.7 cm³/mol. The second kappa shape index (κ2) is 6.42. The first kappa shape index (κ1) is 15.6. The molecule has 1 aromatic carbocycles. The van der Waals surface area contributed by atoms with Gasteiger partial charge in [-0.2, -0.15) is 11.3 Å². The van der Waals surface area contributed by atoms with Crippen molar-refractivity contribution in [1.82, 2.24) is 5.32 Å². The van der Waals surface area contributed by atoms with E-state index < -0.39 is 5.60 Å². The van der Waals surface area contributed by atoms with E-state index in [0.717, 1.165) is 22.4 Å². The molecule has 116 valence electrons. The molecule has 0 aliphatic carbocycles. The summed E-state index contributed by atoms with van der Waals surface area (Å²) in [5.74, 6) is 0.860. The Morgan fingerprint density at radius 2 is 2.27 bits per heavy atom. The highest BCUT2D eigenvalue weighted by Gasteiger charge is 2.23. The Hall–Kier alpha value is -1.33. The maximum atomic E-state index is 10.5. The van der Waals surface area contributed by atoms with Crippen molar-refractivity contribution in [2.75, 3.05) is 19.7 Å². The second-order valence-electron chi connectivity index (χ2n) is 5.66. The van der Waals surface area contributed by atoms with Gasteiger partial charge in [0, 0.05) is 23.7 Å². The third kappa shape index (κ3) is 3.52. The predicted octanol–water partition coefficient (Wildman–Crippen LogP) is 3.67. The fourth-order valence-corrected chi connectivity index (χ4v) is 3.40. The van der Waals surface area contributed by atoms with Crippen LogP contribution in [0.5, 0.6) is 5.75 Å². The first-order valence-corrected chi connectivity index (χ1v) is 8.44. The van der Waals surface area contributed by atoms with E-state index in [1.807, 2.05) is 41.9 Å². The zero-order chi connectivity index (χ0) is 15.6. The molecule has 3 nitrogen and oxygen atoms in total. The van der Waals surface area contributed by atoms with Gasteiger partial charge in [0.15, 0.2) is 0 Å². The van der Waals surface area contributed by atoms with Crippen LogP contribution in [0.4, 0.5) is 0 Å². The number of thiophene rings is 1. The third-order valence-corrected chi connectivity index (χ3v) is 4.63. The van der Waals surface area contributed by atoms with Crippen molar-refractivity contribution in [3.8, 4) is 5.75 Å². The highest BCUT2D eigenvalue weighted by molar-refractivity contribution is 7.08. The van der Waals surface area contributed by atoms with Crippen molar-refractivity contribution in [3.63, 3.8) is 0 Å². The Kier molecular flexibility index (Phi) is 4.54. The van der Waals surface area contributed by atoms with Crippen LogP contribution >= 0.6 is 22.9 Å². The van der Waals surface area contributed by atoms with Gasteiger partial charge >= 0.3 is 0 Å². The van der Waals surface area contributed by atoms with Gasteiger partial charge in [0.25, 0.3) is 0 Å². The summed E-state index contributed by atoms with van der Waals surface area (Å²) >= 11 is 7.60. The molecule has 0 spiro atoms. The molecule has 0 saturated heterocycles. The maximum Gasteiger partial charge on any atom is 0.127 e. The summed E-state index contributed by atoms with van der Waals surface area (Å²) in [6.07, 6.45) is 2.09. The van der Waals surface area contributed by atoms with Crippen LogP contribution in [0, 0.1) is 0 Å². The van der Waals surface area contributed by atoms with Crippen molar-refractivity contribution in [2.45, 2.75) is 12.5 Å². The number of fused-ring (bicyclic) bond motifs is 1. The molecule has 0 fully saturated rings. The van der Waals surface area contributed by atoms with Crippen LogP contribution in [-0.2, 0) is 5.60 Å². The maximum absolute atomic E-state index is 10.5. The molecule has 1 aliphatic heterocycles. The minimum atomic E-state index is -0.864. The number of aliphatic hydroxyl groups is 1. The first-order valence-electron chi connectivity index (χ1n) is 7.12. The summed E-state index contributed by atoms with van der Waals surface area (Å²) in [5, 5.41) is 18.4. The van der Waals surface area contributed by atoms with Crippen LogP contribution in [-0.4, -0.2) is 24.8 Å². The number of benzene rings is 1. The van der Waals surface area contributed by atoms with E-state index in [-0.39, 0.29) is 0 Å². The average molecular weight is 336 g/mol. The lowest BCUT2D eigenvalue weighted by atomic mass is 9.99. The van der Waals surface area contributed by atoms with E-state index in [4.69, 9.17) is 16.3 Å². The molecule has 1 aliphatic rings. The molecule has 22 heavy (non-hydrogen) atoms. The largest absolute Gasteiger partial charge is 0.489 e. The van der Waals surface area contributed by atoms with Crippen molar-refractivity contribution < 1.29 is 9.84 Å². The van der Waals surface area contributed by atoms with Crippen LogP contribution < -0.4 is 10.1 Å². The van der Waals surface area contributed by atoms with E-state index in [9.17, 15) is 5.11 Å². The van der Waals surface area contributed by atoms with E-state index in [1.54, 1.807) is 11.3 Å². The smallest absolute Gasteiger partial charge is 0.127 e. The van der Waals surface area contributed by atoms with Crippen LogP contribution in [0.25, 0.3) is 6.08 Å². The number of hydrogen-bond donors (Lipinski definition) is 2. The molecule has 0 saturated carbocycles. The summed E-state index contributed by atoms with van der Waals surface area (Å²) in [6, 6.07) is 7.57. The molecular formula is C17H18ClNO2S. The number of ether oxygens (including phenoxy) is 1. The fraction of sp³-hybridized carbons (Fsp3) is 0.294. The van der Waals surface area contributed by atoms with Crippen LogP contribution in [0.15, 0.2) is 40.6 Å². The Morgan fingerprint density at radius 3 is 3.05 bits per heavy atom. The van der Waals surface area contributed by atoms with Gasteiger partial charge in [0.2, 0.25) is 0 Å². The molecule has 0 radical (unpaired) electrons. The number of nitrogens with one attached hydrogen (secondary N) is 1. The minimum Gasteiger partial charge on any atom is -0.489 e. The van der Waals surface area contributed by atoms with Crippen molar-refractivity contribution >= 4 is 29.0 Å². The van der Waals surface area contributed by atoms with Crippen LogP contribution in [0.3, 0.4) is 0 Å². The lowest BCUT2D eigenvalue weighted by molar-refractivity contribution is 0.0582. The van der Waals surface area contributed by atoms with Crippen molar-refractivity contribution in [3.05, 3.63) is 56.7 Å². The lowest BCUT2D eigenvalue weighted by Gasteiger charge is -2.24. The Bertz CT molecular complexity index is 680. The Morgan fingerprint density at radius 1 is 1.41 bits per heavy atom. The molecule has 3 rings (SSSR count). The second-order valence-corrected chi connectivity index (χ2v) is 6.88. The van der Waals surface area contributed by atoms with Gasteiger partial charge in [-0.25, -0.2) is 0 Å². The monoisotopic (exact) mass is 335 g/mol. The minimum absolute atomic E-state index is 0.490. The average Bonchev–Trinajstić information content (AvgIpc) is 3.01. The fourth-order valence-electron chi connectivity index (χ4n) is 2.44. The normalized spacial score (nSPS) is 16.4. The molecule has 1 unspecified atom stereocenters. The summed E-state index contributed by atoms with van der Waals surface area (Å²) in [4.78, 5) is 0. The molecular weight excluding hydrogens is 318 g/mol. The lowest BCUT2D eigenvalue weighted by Crippen LogP contribution is -2.36. The molecule has 2 N–H and O–H groups in total. The molecule has 0 bridgehead atoms. The Balaban J connectivity index is 1.61. The summed E-state index contributed by atoms with van der Waals surface area (Å²) in [7, 11) is 0.